The lowest BCUT2D eigenvalue weighted by atomic mass is 9.97. The number of rotatable bonds is 5. The lowest BCUT2D eigenvalue weighted by molar-refractivity contribution is -0.117. The van der Waals surface area contributed by atoms with Crippen LogP contribution in [0, 0.1) is 0 Å². The monoisotopic (exact) mass is 318 g/mol. The van der Waals surface area contributed by atoms with E-state index in [0.29, 0.717) is 23.7 Å². The number of aromatic nitrogens is 2. The summed E-state index contributed by atoms with van der Waals surface area (Å²) in [6.07, 6.45) is 0.198. The van der Waals surface area contributed by atoms with Crippen molar-refractivity contribution in [3.63, 3.8) is 0 Å². The predicted molar refractivity (Wildman–Crippen MR) is 87.9 cm³/mol. The number of ether oxygens (including phenoxy) is 1. The lowest BCUT2D eigenvalue weighted by Gasteiger charge is -2.28. The van der Waals surface area contributed by atoms with E-state index in [1.165, 1.54) is 16.3 Å². The average molecular weight is 318 g/mol. The number of Topliss-reactive ketones (excluding diaryl/α,β-unsaturated/α-hetero) is 1. The van der Waals surface area contributed by atoms with Crippen molar-refractivity contribution in [1.82, 2.24) is 9.36 Å². The molecule has 0 saturated carbocycles. The number of nitrogens with zero attached hydrogens (tertiary/aromatic N) is 2. The molecule has 0 amide bonds. The highest BCUT2D eigenvalue weighted by Gasteiger charge is 2.30. The minimum absolute atomic E-state index is 0.0462. The zero-order valence-electron chi connectivity index (χ0n) is 14.0. The van der Waals surface area contributed by atoms with Crippen molar-refractivity contribution in [2.45, 2.75) is 46.1 Å². The molecule has 2 aromatic rings. The van der Waals surface area contributed by atoms with E-state index >= 15 is 0 Å². The van der Waals surface area contributed by atoms with Gasteiger partial charge in [-0.25, -0.2) is 9.48 Å². The second kappa shape index (κ2) is 6.40. The summed E-state index contributed by atoms with van der Waals surface area (Å²) in [5, 5.41) is 0.455. The first-order chi connectivity index (χ1) is 10.8. The Morgan fingerprint density at radius 3 is 2.48 bits per heavy atom. The molecule has 0 bridgehead atoms. The molecule has 0 fully saturated rings. The van der Waals surface area contributed by atoms with Crippen molar-refractivity contribution in [2.75, 3.05) is 6.61 Å². The molecule has 6 nitrogen and oxygen atoms in total. The van der Waals surface area contributed by atoms with E-state index in [0.717, 1.165) is 0 Å². The molecule has 1 aromatic heterocycles. The van der Waals surface area contributed by atoms with Gasteiger partial charge < -0.3 is 9.53 Å². The fourth-order valence-electron chi connectivity index (χ4n) is 2.65. The molecule has 0 aliphatic carbocycles. The zero-order valence-corrected chi connectivity index (χ0v) is 14.0. The molecule has 23 heavy (non-hydrogen) atoms. The molecule has 0 aliphatic heterocycles. The van der Waals surface area contributed by atoms with E-state index in [9.17, 15) is 14.4 Å². The molecule has 0 spiro atoms. The van der Waals surface area contributed by atoms with Crippen molar-refractivity contribution < 1.29 is 14.3 Å². The zero-order chi connectivity index (χ0) is 17.2. The molecular weight excluding hydrogens is 296 g/mol. The summed E-state index contributed by atoms with van der Waals surface area (Å²) in [7, 11) is 0. The van der Waals surface area contributed by atoms with Gasteiger partial charge in [0.15, 0.2) is 0 Å². The summed E-state index contributed by atoms with van der Waals surface area (Å²) in [4.78, 5) is 36.5. The lowest BCUT2D eigenvalue weighted by Crippen LogP contribution is -2.41. The van der Waals surface area contributed by atoms with Crippen LogP contribution in [-0.2, 0) is 15.1 Å². The van der Waals surface area contributed by atoms with Crippen LogP contribution in [0.1, 0.15) is 40.5 Å². The molecule has 0 N–H and O–H groups in total. The number of carbonyl (C=O) groups excluding carboxylic acids is 2. The SMILES string of the molecule is CCOC(=O)n1c2ccccc2c(=O)n1C(C)(C)CCC(C)=O. The number of ketones is 1. The Hall–Kier alpha value is -2.37. The molecule has 0 saturated heterocycles. The number of hydrogen-bond donors (Lipinski definition) is 0. The van der Waals surface area contributed by atoms with Crippen LogP contribution in [-0.4, -0.2) is 27.8 Å². The normalized spacial score (nSPS) is 11.7. The third-order valence-corrected chi connectivity index (χ3v) is 3.86. The molecule has 0 aliphatic rings. The summed E-state index contributed by atoms with van der Waals surface area (Å²) >= 11 is 0. The second-order valence-corrected chi connectivity index (χ2v) is 6.16. The first-order valence-electron chi connectivity index (χ1n) is 7.69. The highest BCUT2D eigenvalue weighted by Crippen LogP contribution is 2.24. The number of hydrogen-bond acceptors (Lipinski definition) is 4. The van der Waals surface area contributed by atoms with Gasteiger partial charge in [0.25, 0.3) is 5.56 Å². The maximum atomic E-state index is 12.8. The molecule has 0 atom stereocenters. The molecule has 0 radical (unpaired) electrons. The summed E-state index contributed by atoms with van der Waals surface area (Å²) in [6, 6.07) is 6.92. The van der Waals surface area contributed by atoms with Crippen LogP contribution in [0.25, 0.3) is 10.9 Å². The van der Waals surface area contributed by atoms with E-state index in [4.69, 9.17) is 4.74 Å². The Bertz CT molecular complexity index is 799. The average Bonchev–Trinajstić information content (AvgIpc) is 2.80. The predicted octanol–water partition coefficient (Wildman–Crippen LogP) is 2.91. The van der Waals surface area contributed by atoms with Gasteiger partial charge in [0.1, 0.15) is 5.78 Å². The van der Waals surface area contributed by atoms with E-state index in [2.05, 4.69) is 0 Å². The molecule has 2 rings (SSSR count). The van der Waals surface area contributed by atoms with Crippen molar-refractivity contribution in [1.29, 1.82) is 0 Å². The largest absolute Gasteiger partial charge is 0.448 e. The molecule has 1 aromatic carbocycles. The number of fused-ring (bicyclic) bond motifs is 1. The summed E-state index contributed by atoms with van der Waals surface area (Å²) < 4.78 is 7.79. The Balaban J connectivity index is 2.68. The van der Waals surface area contributed by atoms with Crippen LogP contribution in [0.3, 0.4) is 0 Å². The van der Waals surface area contributed by atoms with Gasteiger partial charge in [-0.2, -0.15) is 4.68 Å². The summed E-state index contributed by atoms with van der Waals surface area (Å²) in [5.74, 6) is 0.0462. The number of carbonyl (C=O) groups is 2. The molecular formula is C17H22N2O4. The second-order valence-electron chi connectivity index (χ2n) is 6.16. The smallest absolute Gasteiger partial charge is 0.433 e. The Morgan fingerprint density at radius 1 is 1.22 bits per heavy atom. The minimum atomic E-state index is -0.700. The van der Waals surface area contributed by atoms with E-state index in [1.807, 2.05) is 13.8 Å². The van der Waals surface area contributed by atoms with Crippen LogP contribution < -0.4 is 5.56 Å². The minimum Gasteiger partial charge on any atom is -0.448 e. The van der Waals surface area contributed by atoms with Gasteiger partial charge in [-0.15, -0.1) is 0 Å². The van der Waals surface area contributed by atoms with Gasteiger partial charge in [0, 0.05) is 6.42 Å². The third kappa shape index (κ3) is 3.21. The van der Waals surface area contributed by atoms with Gasteiger partial charge in [-0.1, -0.05) is 12.1 Å². The van der Waals surface area contributed by atoms with Crippen LogP contribution in [0.2, 0.25) is 0 Å². The number of para-hydroxylation sites is 1. The Kier molecular flexibility index (Phi) is 4.73. The quantitative estimate of drug-likeness (QED) is 0.850. The molecule has 124 valence electrons. The van der Waals surface area contributed by atoms with Gasteiger partial charge in [0.05, 0.1) is 23.0 Å². The molecule has 6 heteroatoms. The van der Waals surface area contributed by atoms with Crippen molar-refractivity contribution in [2.24, 2.45) is 0 Å². The van der Waals surface area contributed by atoms with Gasteiger partial charge in [-0.3, -0.25) is 4.79 Å². The Morgan fingerprint density at radius 2 is 1.87 bits per heavy atom. The van der Waals surface area contributed by atoms with E-state index in [1.54, 1.807) is 31.2 Å². The highest BCUT2D eigenvalue weighted by molar-refractivity contribution is 5.87. The maximum absolute atomic E-state index is 12.8. The number of benzene rings is 1. The van der Waals surface area contributed by atoms with Gasteiger partial charge in [-0.05, 0) is 46.2 Å². The maximum Gasteiger partial charge on any atom is 0.433 e. The van der Waals surface area contributed by atoms with E-state index < -0.39 is 11.6 Å². The van der Waals surface area contributed by atoms with Crippen molar-refractivity contribution in [3.8, 4) is 0 Å². The molecule has 1 heterocycles. The van der Waals surface area contributed by atoms with Gasteiger partial charge in [0.2, 0.25) is 0 Å². The van der Waals surface area contributed by atoms with Crippen LogP contribution in [0.4, 0.5) is 4.79 Å². The van der Waals surface area contributed by atoms with Crippen molar-refractivity contribution >= 4 is 22.8 Å². The van der Waals surface area contributed by atoms with Gasteiger partial charge >= 0.3 is 6.09 Å². The fourth-order valence-corrected chi connectivity index (χ4v) is 2.65. The van der Waals surface area contributed by atoms with Crippen LogP contribution in [0.15, 0.2) is 29.1 Å². The summed E-state index contributed by atoms with van der Waals surface area (Å²) in [6.45, 7) is 7.12. The van der Waals surface area contributed by atoms with E-state index in [-0.39, 0.29) is 17.9 Å². The first kappa shape index (κ1) is 17.0. The van der Waals surface area contributed by atoms with Crippen LogP contribution >= 0.6 is 0 Å². The fraction of sp³-hybridized carbons (Fsp3) is 0.471. The topological polar surface area (TPSA) is 70.3 Å². The van der Waals surface area contributed by atoms with Crippen molar-refractivity contribution in [3.05, 3.63) is 34.6 Å². The van der Waals surface area contributed by atoms with Crippen LogP contribution in [0.5, 0.6) is 0 Å². The molecule has 0 unspecified atom stereocenters. The standard InChI is InChI=1S/C17H22N2O4/c1-5-23-16(22)18-14-9-7-6-8-13(14)15(21)19(18)17(3,4)11-10-12(2)20/h6-9H,5,10-11H2,1-4H3. The third-order valence-electron chi connectivity index (χ3n) is 3.86. The highest BCUT2D eigenvalue weighted by atomic mass is 16.6. The first-order valence-corrected chi connectivity index (χ1v) is 7.69. The Labute approximate surface area is 134 Å². The summed E-state index contributed by atoms with van der Waals surface area (Å²) in [5.41, 5.74) is -0.455.